The number of alkyl halides is 3. The summed E-state index contributed by atoms with van der Waals surface area (Å²) in [6.07, 6.45) is -4.77. The van der Waals surface area contributed by atoms with Crippen LogP contribution in [0.5, 0.6) is 0 Å². The summed E-state index contributed by atoms with van der Waals surface area (Å²) in [6, 6.07) is 1.61. The molecule has 1 heterocycles. The molecular weight excluding hydrogens is 445 g/mol. The van der Waals surface area contributed by atoms with E-state index >= 15 is 0 Å². The highest BCUT2D eigenvalue weighted by Gasteiger charge is 2.39. The van der Waals surface area contributed by atoms with E-state index in [-0.39, 0.29) is 29.5 Å². The lowest BCUT2D eigenvalue weighted by Gasteiger charge is -2.23. The van der Waals surface area contributed by atoms with Crippen LogP contribution >= 0.6 is 11.6 Å². The maximum absolute atomic E-state index is 13.3. The summed E-state index contributed by atoms with van der Waals surface area (Å²) in [6.45, 7) is 0.363. The molecular formula is C15H18ClF3N2O5S2. The predicted molar refractivity (Wildman–Crippen MR) is 96.1 cm³/mol. The van der Waals surface area contributed by atoms with Gasteiger partial charge in [-0.3, -0.25) is 4.79 Å². The van der Waals surface area contributed by atoms with Gasteiger partial charge in [-0.2, -0.15) is 17.5 Å². The van der Waals surface area contributed by atoms with Crippen LogP contribution in [-0.2, 0) is 30.8 Å². The molecule has 1 aliphatic heterocycles. The third kappa shape index (κ3) is 5.37. The van der Waals surface area contributed by atoms with Crippen molar-refractivity contribution in [2.45, 2.75) is 30.5 Å². The molecule has 1 amide bonds. The number of benzene rings is 1. The largest absolute Gasteiger partial charge is 0.417 e. The van der Waals surface area contributed by atoms with Gasteiger partial charge in [0.25, 0.3) is 0 Å². The molecule has 13 heteroatoms. The van der Waals surface area contributed by atoms with Crippen LogP contribution in [0.2, 0.25) is 5.02 Å². The van der Waals surface area contributed by atoms with Gasteiger partial charge < -0.3 is 5.32 Å². The molecule has 0 unspecified atom stereocenters. The van der Waals surface area contributed by atoms with Crippen molar-refractivity contribution in [2.24, 2.45) is 0 Å². The number of carbonyl (C=O) groups excluding carboxylic acids is 1. The summed E-state index contributed by atoms with van der Waals surface area (Å²) in [7, 11) is -7.91. The molecule has 2 rings (SSSR count). The lowest BCUT2D eigenvalue weighted by molar-refractivity contribution is -0.139. The van der Waals surface area contributed by atoms with Crippen LogP contribution in [0.1, 0.15) is 18.9 Å². The first kappa shape index (κ1) is 22.9. The number of halogens is 4. The maximum Gasteiger partial charge on any atom is 0.417 e. The van der Waals surface area contributed by atoms with E-state index in [4.69, 9.17) is 11.6 Å². The molecule has 0 bridgehead atoms. The Morgan fingerprint density at radius 3 is 2.50 bits per heavy atom. The second-order valence-corrected chi connectivity index (χ2v) is 10.8. The van der Waals surface area contributed by atoms with Crippen LogP contribution in [0.3, 0.4) is 0 Å². The average Bonchev–Trinajstić information content (AvgIpc) is 2.89. The second kappa shape index (κ2) is 8.17. The number of nitrogens with one attached hydrogen (secondary N) is 1. The van der Waals surface area contributed by atoms with Crippen molar-refractivity contribution in [1.82, 2.24) is 9.62 Å². The standard InChI is InChI=1S/C15H18ClF3N2O5S2/c1-2-21(8-14(22)20-11-5-6-27(23,24)9-11)28(25,26)13-4-3-10(16)7-12(13)15(17,18)19/h3-4,7,11H,2,5-6,8-9H2,1H3,(H,20,22)/t11-/m1/s1. The number of nitrogens with zero attached hydrogens (tertiary/aromatic N) is 1. The molecule has 28 heavy (non-hydrogen) atoms. The Hall–Kier alpha value is -1.37. The van der Waals surface area contributed by atoms with Crippen LogP contribution in [0, 0.1) is 0 Å². The first-order valence-electron chi connectivity index (χ1n) is 8.13. The van der Waals surface area contributed by atoms with Gasteiger partial charge >= 0.3 is 6.18 Å². The van der Waals surface area contributed by atoms with Gasteiger partial charge in [0.05, 0.1) is 28.5 Å². The molecule has 1 aliphatic rings. The molecule has 1 aromatic carbocycles. The smallest absolute Gasteiger partial charge is 0.351 e. The maximum atomic E-state index is 13.3. The van der Waals surface area contributed by atoms with Crippen LogP contribution in [-0.4, -0.2) is 57.7 Å². The molecule has 158 valence electrons. The SMILES string of the molecule is CCN(CC(=O)N[C@@H]1CCS(=O)(=O)C1)S(=O)(=O)c1ccc(Cl)cc1C(F)(F)F. The first-order chi connectivity index (χ1) is 12.8. The Morgan fingerprint density at radius 2 is 2.00 bits per heavy atom. The molecule has 1 fully saturated rings. The van der Waals surface area contributed by atoms with E-state index in [9.17, 15) is 34.8 Å². The molecule has 0 aliphatic carbocycles. The zero-order valence-electron chi connectivity index (χ0n) is 14.7. The molecule has 1 atom stereocenters. The van der Waals surface area contributed by atoms with Crippen molar-refractivity contribution >= 4 is 37.4 Å². The van der Waals surface area contributed by atoms with Gasteiger partial charge in [-0.25, -0.2) is 16.8 Å². The number of carbonyl (C=O) groups is 1. The minimum absolute atomic E-state index is 0.0898. The predicted octanol–water partition coefficient (Wildman–Crippen LogP) is 1.67. The van der Waals surface area contributed by atoms with Gasteiger partial charge in [0, 0.05) is 17.6 Å². The van der Waals surface area contributed by atoms with E-state index in [0.29, 0.717) is 10.4 Å². The highest BCUT2D eigenvalue weighted by Crippen LogP contribution is 2.36. The number of hydrogen-bond donors (Lipinski definition) is 1. The Labute approximate surface area is 165 Å². The van der Waals surface area contributed by atoms with E-state index in [2.05, 4.69) is 5.32 Å². The topological polar surface area (TPSA) is 101 Å². The molecule has 1 saturated heterocycles. The number of rotatable bonds is 6. The van der Waals surface area contributed by atoms with Crippen LogP contribution in [0.4, 0.5) is 13.2 Å². The van der Waals surface area contributed by atoms with Gasteiger partial charge in [-0.05, 0) is 24.6 Å². The Balaban J connectivity index is 2.25. The van der Waals surface area contributed by atoms with E-state index in [0.717, 1.165) is 12.1 Å². The number of likely N-dealkylation sites (N-methyl/N-ethyl adjacent to an activating group) is 1. The summed E-state index contributed by atoms with van der Waals surface area (Å²) in [5, 5.41) is 2.13. The third-order valence-electron chi connectivity index (χ3n) is 4.14. The van der Waals surface area contributed by atoms with Crippen LogP contribution in [0.25, 0.3) is 0 Å². The fraction of sp³-hybridized carbons (Fsp3) is 0.533. The summed E-state index contributed by atoms with van der Waals surface area (Å²) >= 11 is 5.57. The quantitative estimate of drug-likeness (QED) is 0.693. The van der Waals surface area contributed by atoms with Gasteiger partial charge in [0.15, 0.2) is 9.84 Å². The zero-order chi connectivity index (χ0) is 21.3. The fourth-order valence-corrected chi connectivity index (χ4v) is 6.24. The van der Waals surface area contributed by atoms with Gasteiger partial charge in [0.1, 0.15) is 0 Å². The highest BCUT2D eigenvalue weighted by atomic mass is 35.5. The third-order valence-corrected chi connectivity index (χ3v) is 8.12. The van der Waals surface area contributed by atoms with E-state index in [1.165, 1.54) is 6.92 Å². The van der Waals surface area contributed by atoms with E-state index < -0.39 is 55.0 Å². The molecule has 1 N–H and O–H groups in total. The number of sulfonamides is 1. The van der Waals surface area contributed by atoms with Crippen molar-refractivity contribution < 1.29 is 34.8 Å². The number of amides is 1. The van der Waals surface area contributed by atoms with Crippen molar-refractivity contribution in [3.63, 3.8) is 0 Å². The summed E-state index contributed by atoms with van der Waals surface area (Å²) in [5.74, 6) is -1.14. The highest BCUT2D eigenvalue weighted by molar-refractivity contribution is 7.91. The summed E-state index contributed by atoms with van der Waals surface area (Å²) in [4.78, 5) is 11.1. The molecule has 0 aromatic heterocycles. The normalized spacial score (nSPS) is 19.7. The summed E-state index contributed by atoms with van der Waals surface area (Å²) < 4.78 is 88.7. The average molecular weight is 463 g/mol. The number of hydrogen-bond acceptors (Lipinski definition) is 5. The van der Waals surface area contributed by atoms with Crippen molar-refractivity contribution in [1.29, 1.82) is 0 Å². The van der Waals surface area contributed by atoms with Gasteiger partial charge in [0.2, 0.25) is 15.9 Å². The van der Waals surface area contributed by atoms with E-state index in [1.807, 2.05) is 0 Å². The Bertz CT molecular complexity index is 964. The minimum Gasteiger partial charge on any atom is -0.351 e. The zero-order valence-corrected chi connectivity index (χ0v) is 17.1. The van der Waals surface area contributed by atoms with Gasteiger partial charge in [-0.15, -0.1) is 0 Å². The van der Waals surface area contributed by atoms with Crippen molar-refractivity contribution in [3.05, 3.63) is 28.8 Å². The Kier molecular flexibility index (Phi) is 6.68. The van der Waals surface area contributed by atoms with Crippen LogP contribution < -0.4 is 5.32 Å². The summed E-state index contributed by atoms with van der Waals surface area (Å²) in [5.41, 5.74) is -1.43. The number of sulfone groups is 1. The lowest BCUT2D eigenvalue weighted by atomic mass is 10.2. The van der Waals surface area contributed by atoms with Crippen molar-refractivity contribution in [3.8, 4) is 0 Å². The molecule has 0 radical (unpaired) electrons. The van der Waals surface area contributed by atoms with Gasteiger partial charge in [-0.1, -0.05) is 18.5 Å². The molecule has 0 saturated carbocycles. The van der Waals surface area contributed by atoms with Crippen molar-refractivity contribution in [2.75, 3.05) is 24.6 Å². The minimum atomic E-state index is -4.97. The molecule has 0 spiro atoms. The molecule has 7 nitrogen and oxygen atoms in total. The van der Waals surface area contributed by atoms with Crippen LogP contribution in [0.15, 0.2) is 23.1 Å². The van der Waals surface area contributed by atoms with E-state index in [1.54, 1.807) is 0 Å². The lowest BCUT2D eigenvalue weighted by Crippen LogP contribution is -2.44. The molecule has 1 aromatic rings. The first-order valence-corrected chi connectivity index (χ1v) is 11.8. The second-order valence-electron chi connectivity index (χ2n) is 6.24. The fourth-order valence-electron chi connectivity index (χ4n) is 2.80. The Morgan fingerprint density at radius 1 is 1.36 bits per heavy atom. The monoisotopic (exact) mass is 462 g/mol.